The van der Waals surface area contributed by atoms with E-state index in [9.17, 15) is 4.79 Å². The summed E-state index contributed by atoms with van der Waals surface area (Å²) >= 11 is 0. The first-order chi connectivity index (χ1) is 18.0. The first kappa shape index (κ1) is 25.4. The number of fused-ring (bicyclic) bond motifs is 3. The predicted molar refractivity (Wildman–Crippen MR) is 149 cm³/mol. The molecule has 3 aromatic rings. The molecule has 2 aliphatic rings. The number of amides is 1. The number of quaternary nitrogens is 1. The Morgan fingerprint density at radius 2 is 1.54 bits per heavy atom. The van der Waals surface area contributed by atoms with E-state index >= 15 is 0 Å². The van der Waals surface area contributed by atoms with Gasteiger partial charge in [-0.1, -0.05) is 78.9 Å². The first-order valence-corrected chi connectivity index (χ1v) is 13.2. The van der Waals surface area contributed by atoms with Gasteiger partial charge in [0.1, 0.15) is 0 Å². The van der Waals surface area contributed by atoms with Gasteiger partial charge in [0.05, 0.1) is 44.7 Å². The Labute approximate surface area is 220 Å². The molecule has 0 radical (unpaired) electrons. The Morgan fingerprint density at radius 3 is 2.24 bits per heavy atom. The van der Waals surface area contributed by atoms with Crippen LogP contribution in [0.5, 0.6) is 0 Å². The number of hydrogen-bond donors (Lipinski definition) is 0. The number of hydrogen-bond acceptors (Lipinski definition) is 3. The SMILES string of the molecule is COC1(OC)CC[N+](C/C=C/c2ccccc2)([C@@H](C)C(=O)N2Cc3ccccc3-c3ccccc32)CC1. The number of para-hydroxylation sites is 1. The fraction of sp³-hybridized carbons (Fsp3) is 0.344. The van der Waals surface area contributed by atoms with Crippen LogP contribution in [0.4, 0.5) is 5.69 Å². The zero-order valence-corrected chi connectivity index (χ0v) is 22.1. The van der Waals surface area contributed by atoms with E-state index in [1.165, 1.54) is 16.7 Å². The fourth-order valence-corrected chi connectivity index (χ4v) is 5.97. The van der Waals surface area contributed by atoms with Crippen molar-refractivity contribution in [2.75, 3.05) is 38.8 Å². The lowest BCUT2D eigenvalue weighted by Gasteiger charge is -2.50. The summed E-state index contributed by atoms with van der Waals surface area (Å²) in [6.07, 6.45) is 5.88. The van der Waals surface area contributed by atoms with E-state index < -0.39 is 5.79 Å². The molecule has 37 heavy (non-hydrogen) atoms. The molecule has 0 spiro atoms. The van der Waals surface area contributed by atoms with Crippen molar-refractivity contribution in [1.82, 2.24) is 0 Å². The fourth-order valence-electron chi connectivity index (χ4n) is 5.97. The molecular formula is C32H37N2O3+. The zero-order chi connectivity index (χ0) is 25.9. The monoisotopic (exact) mass is 497 g/mol. The maximum absolute atomic E-state index is 14.3. The van der Waals surface area contributed by atoms with Gasteiger partial charge in [-0.05, 0) is 35.8 Å². The number of rotatable bonds is 7. The second-order valence-electron chi connectivity index (χ2n) is 10.3. The molecule has 2 aliphatic heterocycles. The maximum Gasteiger partial charge on any atom is 0.285 e. The molecule has 0 unspecified atom stereocenters. The van der Waals surface area contributed by atoms with E-state index in [2.05, 4.69) is 73.7 Å². The van der Waals surface area contributed by atoms with Crippen molar-refractivity contribution in [3.8, 4) is 11.1 Å². The van der Waals surface area contributed by atoms with Crippen LogP contribution in [-0.2, 0) is 20.8 Å². The highest BCUT2D eigenvalue weighted by atomic mass is 16.7. The lowest BCUT2D eigenvalue weighted by molar-refractivity contribution is -0.943. The van der Waals surface area contributed by atoms with E-state index in [0.29, 0.717) is 11.0 Å². The lowest BCUT2D eigenvalue weighted by atomic mass is 9.92. The molecule has 2 heterocycles. The van der Waals surface area contributed by atoms with Crippen molar-refractivity contribution in [2.45, 2.75) is 38.1 Å². The van der Waals surface area contributed by atoms with Crippen molar-refractivity contribution in [3.63, 3.8) is 0 Å². The summed E-state index contributed by atoms with van der Waals surface area (Å²) < 4.78 is 12.3. The summed E-state index contributed by atoms with van der Waals surface area (Å²) in [5.74, 6) is -0.415. The third-order valence-electron chi connectivity index (χ3n) is 8.47. The smallest absolute Gasteiger partial charge is 0.285 e. The molecule has 1 fully saturated rings. The molecule has 1 saturated heterocycles. The van der Waals surface area contributed by atoms with Gasteiger partial charge in [0.15, 0.2) is 11.8 Å². The number of carbonyl (C=O) groups is 1. The molecule has 1 amide bonds. The summed E-state index contributed by atoms with van der Waals surface area (Å²) in [5.41, 5.74) is 5.69. The number of carbonyl (C=O) groups excluding carboxylic acids is 1. The molecule has 5 heteroatoms. The predicted octanol–water partition coefficient (Wildman–Crippen LogP) is 5.90. The summed E-state index contributed by atoms with van der Waals surface area (Å²) in [7, 11) is 3.44. The topological polar surface area (TPSA) is 38.8 Å². The van der Waals surface area contributed by atoms with E-state index in [0.717, 1.165) is 43.7 Å². The van der Waals surface area contributed by atoms with E-state index in [4.69, 9.17) is 9.47 Å². The van der Waals surface area contributed by atoms with E-state index in [-0.39, 0.29) is 11.9 Å². The van der Waals surface area contributed by atoms with Gasteiger partial charge in [-0.15, -0.1) is 0 Å². The third kappa shape index (κ3) is 4.87. The average Bonchev–Trinajstić information content (AvgIpc) is 2.97. The van der Waals surface area contributed by atoms with Crippen molar-refractivity contribution < 1.29 is 18.8 Å². The van der Waals surface area contributed by atoms with Gasteiger partial charge in [0.25, 0.3) is 5.91 Å². The van der Waals surface area contributed by atoms with Gasteiger partial charge in [-0.25, -0.2) is 0 Å². The Balaban J connectivity index is 1.45. The van der Waals surface area contributed by atoms with Gasteiger partial charge < -0.3 is 18.9 Å². The standard InChI is InChI=1S/C32H37N2O3/c1-25(31(35)33-24-27-15-7-8-16-28(27)29-17-9-10-18-30(29)33)34(21-11-14-26-12-5-4-6-13-26)22-19-32(36-2,37-3)20-23-34/h4-18,25H,19-24H2,1-3H3/q+1/b14-11+/t25-/m0/s1. The van der Waals surface area contributed by atoms with Gasteiger partial charge in [-0.2, -0.15) is 0 Å². The lowest BCUT2D eigenvalue weighted by Crippen LogP contribution is -2.66. The van der Waals surface area contributed by atoms with Crippen LogP contribution in [0.3, 0.4) is 0 Å². The Kier molecular flexibility index (Phi) is 7.29. The van der Waals surface area contributed by atoms with Gasteiger partial charge in [0, 0.05) is 19.8 Å². The second-order valence-corrected chi connectivity index (χ2v) is 10.3. The molecule has 3 aromatic carbocycles. The van der Waals surface area contributed by atoms with Crippen molar-refractivity contribution in [3.05, 3.63) is 96.1 Å². The molecular weight excluding hydrogens is 460 g/mol. The van der Waals surface area contributed by atoms with Crippen LogP contribution in [0.1, 0.15) is 30.9 Å². The van der Waals surface area contributed by atoms with Crippen LogP contribution in [0.2, 0.25) is 0 Å². The zero-order valence-electron chi connectivity index (χ0n) is 22.1. The number of piperidine rings is 1. The summed E-state index contributed by atoms with van der Waals surface area (Å²) in [6.45, 7) is 5.08. The highest BCUT2D eigenvalue weighted by Crippen LogP contribution is 2.40. The molecule has 0 saturated carbocycles. The number of anilines is 1. The molecule has 1 atom stereocenters. The quantitative estimate of drug-likeness (QED) is 0.301. The van der Waals surface area contributed by atoms with Crippen LogP contribution < -0.4 is 4.90 Å². The van der Waals surface area contributed by atoms with Crippen LogP contribution >= 0.6 is 0 Å². The Bertz CT molecular complexity index is 1260. The van der Waals surface area contributed by atoms with Crippen molar-refractivity contribution in [2.24, 2.45) is 0 Å². The minimum absolute atomic E-state index is 0.164. The third-order valence-corrected chi connectivity index (χ3v) is 8.47. The molecule has 0 aliphatic carbocycles. The maximum atomic E-state index is 14.3. The minimum atomic E-state index is -0.579. The van der Waals surface area contributed by atoms with Crippen LogP contribution in [-0.4, -0.2) is 56.1 Å². The Hall–Kier alpha value is -3.25. The number of methoxy groups -OCH3 is 2. The molecule has 5 nitrogen and oxygen atoms in total. The summed E-state index contributed by atoms with van der Waals surface area (Å²) in [6, 6.07) is 26.8. The molecule has 0 bridgehead atoms. The number of nitrogens with zero attached hydrogens (tertiary/aromatic N) is 2. The minimum Gasteiger partial charge on any atom is -0.353 e. The molecule has 5 rings (SSSR count). The Morgan fingerprint density at radius 1 is 0.919 bits per heavy atom. The van der Waals surface area contributed by atoms with Gasteiger partial charge in [0.2, 0.25) is 0 Å². The summed E-state index contributed by atoms with van der Waals surface area (Å²) in [4.78, 5) is 16.3. The van der Waals surface area contributed by atoms with Crippen molar-refractivity contribution >= 4 is 17.7 Å². The summed E-state index contributed by atoms with van der Waals surface area (Å²) in [5, 5.41) is 0. The van der Waals surface area contributed by atoms with Crippen LogP contribution in [0.25, 0.3) is 17.2 Å². The normalized spacial score (nSPS) is 18.7. The highest BCUT2D eigenvalue weighted by molar-refractivity contribution is 6.02. The van der Waals surface area contributed by atoms with Crippen molar-refractivity contribution in [1.29, 1.82) is 0 Å². The van der Waals surface area contributed by atoms with Crippen LogP contribution in [0.15, 0.2) is 84.9 Å². The molecule has 192 valence electrons. The second kappa shape index (κ2) is 10.6. The van der Waals surface area contributed by atoms with Crippen LogP contribution in [0, 0.1) is 0 Å². The number of benzene rings is 3. The first-order valence-electron chi connectivity index (χ1n) is 13.2. The van der Waals surface area contributed by atoms with Gasteiger partial charge >= 0.3 is 0 Å². The average molecular weight is 498 g/mol. The van der Waals surface area contributed by atoms with E-state index in [1.54, 1.807) is 14.2 Å². The number of likely N-dealkylation sites (tertiary alicyclic amines) is 1. The van der Waals surface area contributed by atoms with Gasteiger partial charge in [-0.3, -0.25) is 4.79 Å². The highest BCUT2D eigenvalue weighted by Gasteiger charge is 2.48. The number of ether oxygens (including phenoxy) is 2. The largest absolute Gasteiger partial charge is 0.353 e. The van der Waals surface area contributed by atoms with E-state index in [1.807, 2.05) is 29.2 Å². The molecule has 0 aromatic heterocycles. The molecule has 0 N–H and O–H groups in total.